The first-order chi connectivity index (χ1) is 9.29. The summed E-state index contributed by atoms with van der Waals surface area (Å²) in [6, 6.07) is 3.61. The second-order valence-corrected chi connectivity index (χ2v) is 7.37. The van der Waals surface area contributed by atoms with Gasteiger partial charge < -0.3 is 4.98 Å². The Bertz CT molecular complexity index is 510. The summed E-state index contributed by atoms with van der Waals surface area (Å²) in [6.07, 6.45) is 4.14. The first-order valence-electron chi connectivity index (χ1n) is 6.05. The molecule has 19 heavy (non-hydrogen) atoms. The molecule has 2 heterocycles. The van der Waals surface area contributed by atoms with Crippen molar-refractivity contribution in [3.63, 3.8) is 0 Å². The summed E-state index contributed by atoms with van der Waals surface area (Å²) >= 11 is 4.75. The largest absolute Gasteiger partial charge is 0.359 e. The molecule has 0 saturated heterocycles. The Morgan fingerprint density at radius 1 is 1.37 bits per heavy atom. The van der Waals surface area contributed by atoms with Gasteiger partial charge in [0, 0.05) is 11.9 Å². The van der Waals surface area contributed by atoms with Gasteiger partial charge >= 0.3 is 0 Å². The van der Waals surface area contributed by atoms with Crippen molar-refractivity contribution in [2.45, 2.75) is 28.4 Å². The van der Waals surface area contributed by atoms with Crippen LogP contribution in [0.1, 0.15) is 30.3 Å². The van der Waals surface area contributed by atoms with Crippen molar-refractivity contribution in [3.05, 3.63) is 24.0 Å². The van der Waals surface area contributed by atoms with E-state index in [0.29, 0.717) is 11.4 Å². The molecule has 0 aromatic carbocycles. The number of carbonyl (C=O) groups excluding carboxylic acids is 1. The van der Waals surface area contributed by atoms with E-state index in [-0.39, 0.29) is 5.78 Å². The molecule has 0 radical (unpaired) electrons. The van der Waals surface area contributed by atoms with Gasteiger partial charge in [-0.05, 0) is 18.6 Å². The standard InChI is InChI=1S/C12H15N3OS3/c1-2-3-7-17-11-14-15-12(19-11)18-8-10(16)9-5-4-6-13-9/h4-6,13H,2-3,7-8H2,1H3. The van der Waals surface area contributed by atoms with E-state index in [9.17, 15) is 4.79 Å². The molecule has 0 atom stereocenters. The fourth-order valence-electron chi connectivity index (χ4n) is 1.33. The molecule has 7 heteroatoms. The smallest absolute Gasteiger partial charge is 0.189 e. The maximum absolute atomic E-state index is 11.8. The molecule has 0 aliphatic heterocycles. The van der Waals surface area contributed by atoms with Crippen LogP contribution in [0, 0.1) is 0 Å². The van der Waals surface area contributed by atoms with Gasteiger partial charge in [0.25, 0.3) is 0 Å². The lowest BCUT2D eigenvalue weighted by atomic mass is 10.3. The molecule has 2 aromatic rings. The van der Waals surface area contributed by atoms with E-state index in [2.05, 4.69) is 22.1 Å². The molecule has 0 aliphatic rings. The number of aromatic amines is 1. The van der Waals surface area contributed by atoms with Crippen LogP contribution >= 0.6 is 34.9 Å². The predicted octanol–water partition coefficient (Wildman–Crippen LogP) is 3.73. The SMILES string of the molecule is CCCCSc1nnc(SCC(=O)c2ccc[nH]2)s1. The van der Waals surface area contributed by atoms with Crippen molar-refractivity contribution in [2.24, 2.45) is 0 Å². The number of unbranched alkanes of at least 4 members (excludes halogenated alkanes) is 1. The van der Waals surface area contributed by atoms with E-state index >= 15 is 0 Å². The van der Waals surface area contributed by atoms with Crippen LogP contribution in [0.15, 0.2) is 27.0 Å². The Hall–Kier alpha value is -0.790. The van der Waals surface area contributed by atoms with Crippen molar-refractivity contribution < 1.29 is 4.79 Å². The summed E-state index contributed by atoms with van der Waals surface area (Å²) < 4.78 is 1.85. The second-order valence-electron chi connectivity index (χ2n) is 3.83. The lowest BCUT2D eigenvalue weighted by molar-refractivity contribution is 0.101. The van der Waals surface area contributed by atoms with Gasteiger partial charge in [0.1, 0.15) is 0 Å². The summed E-state index contributed by atoms with van der Waals surface area (Å²) in [7, 11) is 0. The highest BCUT2D eigenvalue weighted by molar-refractivity contribution is 8.03. The van der Waals surface area contributed by atoms with Gasteiger partial charge in [0.2, 0.25) is 0 Å². The number of nitrogens with zero attached hydrogens (tertiary/aromatic N) is 2. The van der Waals surface area contributed by atoms with Crippen molar-refractivity contribution in [3.8, 4) is 0 Å². The van der Waals surface area contributed by atoms with Crippen LogP contribution in [0.3, 0.4) is 0 Å². The van der Waals surface area contributed by atoms with Crippen LogP contribution in [0.2, 0.25) is 0 Å². The topological polar surface area (TPSA) is 58.6 Å². The molecular formula is C12H15N3OS3. The molecule has 2 rings (SSSR count). The van der Waals surface area contributed by atoms with E-state index in [4.69, 9.17) is 0 Å². The minimum absolute atomic E-state index is 0.0883. The zero-order chi connectivity index (χ0) is 13.5. The Morgan fingerprint density at radius 3 is 2.84 bits per heavy atom. The number of H-pyrrole nitrogens is 1. The minimum Gasteiger partial charge on any atom is -0.359 e. The fourth-order valence-corrected chi connectivity index (χ4v) is 4.38. The Labute approximate surface area is 124 Å². The van der Waals surface area contributed by atoms with Crippen molar-refractivity contribution in [1.82, 2.24) is 15.2 Å². The number of carbonyl (C=O) groups is 1. The monoisotopic (exact) mass is 313 g/mol. The number of hydrogen-bond donors (Lipinski definition) is 1. The van der Waals surface area contributed by atoms with Crippen molar-refractivity contribution in [1.29, 1.82) is 0 Å². The Balaban J connectivity index is 1.78. The highest BCUT2D eigenvalue weighted by atomic mass is 32.2. The van der Waals surface area contributed by atoms with Gasteiger partial charge in [0.15, 0.2) is 14.5 Å². The summed E-state index contributed by atoms with van der Waals surface area (Å²) in [4.78, 5) is 14.7. The summed E-state index contributed by atoms with van der Waals surface area (Å²) in [6.45, 7) is 2.17. The number of hydrogen-bond acceptors (Lipinski definition) is 6. The highest BCUT2D eigenvalue weighted by Gasteiger charge is 2.10. The van der Waals surface area contributed by atoms with Crippen LogP contribution in [-0.4, -0.2) is 32.5 Å². The van der Waals surface area contributed by atoms with Crippen LogP contribution in [0.5, 0.6) is 0 Å². The summed E-state index contributed by atoms with van der Waals surface area (Å²) in [5.41, 5.74) is 0.648. The van der Waals surface area contributed by atoms with Gasteiger partial charge in [-0.15, -0.1) is 10.2 Å². The van der Waals surface area contributed by atoms with Crippen molar-refractivity contribution in [2.75, 3.05) is 11.5 Å². The average molecular weight is 313 g/mol. The van der Waals surface area contributed by atoms with Crippen LogP contribution in [0.4, 0.5) is 0 Å². The maximum Gasteiger partial charge on any atom is 0.189 e. The number of aromatic nitrogens is 3. The zero-order valence-electron chi connectivity index (χ0n) is 10.6. The van der Waals surface area contributed by atoms with E-state index in [1.807, 2.05) is 6.07 Å². The number of ketones is 1. The Kier molecular flexibility index (Phi) is 5.93. The second kappa shape index (κ2) is 7.72. The molecule has 0 unspecified atom stereocenters. The normalized spacial score (nSPS) is 10.8. The molecule has 0 bridgehead atoms. The number of Topliss-reactive ketones (excluding diaryl/α,β-unsaturated/α-hetero) is 1. The third-order valence-corrected chi connectivity index (χ3v) is 5.61. The Morgan fingerprint density at radius 2 is 2.16 bits per heavy atom. The quantitative estimate of drug-likeness (QED) is 0.457. The molecule has 0 saturated carbocycles. The molecule has 2 aromatic heterocycles. The average Bonchev–Trinajstić information content (AvgIpc) is 3.08. The molecular weight excluding hydrogens is 298 g/mol. The van der Waals surface area contributed by atoms with Crippen LogP contribution < -0.4 is 0 Å². The van der Waals surface area contributed by atoms with E-state index in [0.717, 1.165) is 14.4 Å². The number of nitrogens with one attached hydrogen (secondary N) is 1. The fraction of sp³-hybridized carbons (Fsp3) is 0.417. The summed E-state index contributed by atoms with van der Waals surface area (Å²) in [5, 5.41) is 8.22. The van der Waals surface area contributed by atoms with Gasteiger partial charge in [-0.1, -0.05) is 48.2 Å². The van der Waals surface area contributed by atoms with Gasteiger partial charge in [-0.25, -0.2) is 0 Å². The number of rotatable bonds is 8. The molecule has 0 aliphatic carbocycles. The molecule has 0 spiro atoms. The third-order valence-electron chi connectivity index (χ3n) is 2.34. The molecule has 0 fully saturated rings. The minimum atomic E-state index is 0.0883. The molecule has 1 N–H and O–H groups in total. The van der Waals surface area contributed by atoms with E-state index < -0.39 is 0 Å². The maximum atomic E-state index is 11.8. The first-order valence-corrected chi connectivity index (χ1v) is 8.84. The van der Waals surface area contributed by atoms with Gasteiger partial charge in [0.05, 0.1) is 11.4 Å². The highest BCUT2D eigenvalue weighted by Crippen LogP contribution is 2.29. The van der Waals surface area contributed by atoms with E-state index in [1.54, 1.807) is 35.4 Å². The van der Waals surface area contributed by atoms with Gasteiger partial charge in [-0.2, -0.15) is 0 Å². The molecule has 0 amide bonds. The lowest BCUT2D eigenvalue weighted by Gasteiger charge is -1.95. The van der Waals surface area contributed by atoms with Crippen molar-refractivity contribution >= 4 is 40.6 Å². The zero-order valence-corrected chi connectivity index (χ0v) is 13.0. The van der Waals surface area contributed by atoms with Crippen LogP contribution in [0.25, 0.3) is 0 Å². The molecule has 102 valence electrons. The van der Waals surface area contributed by atoms with Gasteiger partial charge in [-0.3, -0.25) is 4.79 Å². The van der Waals surface area contributed by atoms with E-state index in [1.165, 1.54) is 24.6 Å². The molecule has 4 nitrogen and oxygen atoms in total. The predicted molar refractivity (Wildman–Crippen MR) is 81.4 cm³/mol. The first kappa shape index (κ1) is 14.6. The summed E-state index contributed by atoms with van der Waals surface area (Å²) in [5.74, 6) is 1.57. The number of thioether (sulfide) groups is 2. The third kappa shape index (κ3) is 4.67. The van der Waals surface area contributed by atoms with Crippen LogP contribution in [-0.2, 0) is 0 Å². The lowest BCUT2D eigenvalue weighted by Crippen LogP contribution is -2.02.